The van der Waals surface area contributed by atoms with Crippen molar-refractivity contribution in [2.75, 3.05) is 68.9 Å². The number of piperazine rings is 1. The third-order valence-electron chi connectivity index (χ3n) is 10.2. The summed E-state index contributed by atoms with van der Waals surface area (Å²) in [5, 5.41) is 5.95. The zero-order chi connectivity index (χ0) is 38.7. The average molecular weight is 880 g/mol. The Hall–Kier alpha value is -4.51. The molecule has 54 heavy (non-hydrogen) atoms. The van der Waals surface area contributed by atoms with Crippen LogP contribution in [-0.2, 0) is 28.5 Å². The Kier molecular flexibility index (Phi) is 12.0. The van der Waals surface area contributed by atoms with Crippen molar-refractivity contribution in [3.8, 4) is 0 Å². The Morgan fingerprint density at radius 3 is 2.26 bits per heavy atom. The van der Waals surface area contributed by atoms with E-state index in [4.69, 9.17) is 5.73 Å². The summed E-state index contributed by atoms with van der Waals surface area (Å²) in [6.45, 7) is 1.70. The second kappa shape index (κ2) is 16.5. The summed E-state index contributed by atoms with van der Waals surface area (Å²) in [5.41, 5.74) is 7.87. The number of nitrogens with two attached hydrogens (primary N) is 1. The van der Waals surface area contributed by atoms with Gasteiger partial charge in [-0.1, -0.05) is 18.2 Å². The highest BCUT2D eigenvalue weighted by Gasteiger charge is 2.38. The maximum Gasteiger partial charge on any atom is 0.418 e. The van der Waals surface area contributed by atoms with E-state index in [1.165, 1.54) is 17.0 Å². The lowest BCUT2D eigenvalue weighted by Crippen LogP contribution is -2.58. The summed E-state index contributed by atoms with van der Waals surface area (Å²) in [4.78, 5) is 59.5. The lowest BCUT2D eigenvalue weighted by molar-refractivity contribution is -0.137. The number of piperidine rings is 1. The number of methoxy groups -OCH3 is 1. The van der Waals surface area contributed by atoms with Crippen molar-refractivity contribution >= 4 is 72.9 Å². The van der Waals surface area contributed by atoms with Gasteiger partial charge in [0.25, 0.3) is 0 Å². The van der Waals surface area contributed by atoms with Crippen LogP contribution in [0.25, 0.3) is 0 Å². The monoisotopic (exact) mass is 877 g/mol. The quantitative estimate of drug-likeness (QED) is 0.192. The van der Waals surface area contributed by atoms with Crippen molar-refractivity contribution in [3.05, 3.63) is 85.8 Å². The highest BCUT2D eigenvalue weighted by Crippen LogP contribution is 2.38. The van der Waals surface area contributed by atoms with Gasteiger partial charge in [0.15, 0.2) is 0 Å². The second-order valence-corrected chi connectivity index (χ2v) is 15.2. The number of hydrogen-bond acceptors (Lipinski definition) is 7. The Morgan fingerprint density at radius 1 is 0.944 bits per heavy atom. The number of nitrogens with one attached hydrogen (secondary N) is 2. The molecule has 288 valence electrons. The molecular formula is C37H40Br2F3N7O5. The number of likely N-dealkylation sites (tertiary alicyclic amines) is 1. The van der Waals surface area contributed by atoms with E-state index in [0.29, 0.717) is 52.7 Å². The fourth-order valence-corrected chi connectivity index (χ4v) is 8.50. The van der Waals surface area contributed by atoms with Gasteiger partial charge >= 0.3 is 24.2 Å². The van der Waals surface area contributed by atoms with Crippen molar-refractivity contribution in [3.63, 3.8) is 0 Å². The zero-order valence-electron chi connectivity index (χ0n) is 29.4. The van der Waals surface area contributed by atoms with E-state index in [0.717, 1.165) is 30.8 Å². The molecule has 0 radical (unpaired) electrons. The Morgan fingerprint density at radius 2 is 1.61 bits per heavy atom. The Labute approximate surface area is 327 Å². The standard InChI is InChI=1S/C37H40Br2F3N7O5/c1-54-34(51)24-6-7-31(26(21-24)37(40,41)42)46-14-16-47(17-15-46)33(50)30(20-22-18-27(38)32(43)28(39)19-22)45-35(52)48-11-9-25(10-12-48)49-13-8-23-4-2-3-5-29(23)44-36(49)53/h2-7,18-19,21,25,30H,8-17,20,43H2,1H3,(H,44,53)(H,45,52)/t30-/m1/s1. The number of esters is 1. The highest BCUT2D eigenvalue weighted by atomic mass is 79.9. The molecule has 3 aliphatic heterocycles. The molecule has 3 aliphatic rings. The molecule has 2 fully saturated rings. The molecule has 0 saturated carbocycles. The van der Waals surface area contributed by atoms with Crippen LogP contribution >= 0.6 is 31.9 Å². The number of benzene rings is 3. The number of hydrogen-bond donors (Lipinski definition) is 3. The SMILES string of the molecule is COC(=O)c1ccc(N2CCN(C(=O)[C@@H](Cc3cc(Br)c(N)c(Br)c3)NC(=O)N3CCC(N4CCc5ccccc5NC4=O)CC3)CC2)c(C(F)(F)F)c1. The molecular weight excluding hydrogens is 839 g/mol. The van der Waals surface area contributed by atoms with Crippen LogP contribution in [0.5, 0.6) is 0 Å². The average Bonchev–Trinajstić information content (AvgIpc) is 3.33. The number of carbonyl (C=O) groups is 4. The smallest absolute Gasteiger partial charge is 0.418 e. The third kappa shape index (κ3) is 8.72. The van der Waals surface area contributed by atoms with Gasteiger partial charge in [0, 0.05) is 78.6 Å². The van der Waals surface area contributed by atoms with E-state index in [1.807, 2.05) is 29.2 Å². The van der Waals surface area contributed by atoms with Gasteiger partial charge in [0.1, 0.15) is 6.04 Å². The first-order valence-corrected chi connectivity index (χ1v) is 19.1. The van der Waals surface area contributed by atoms with Crippen molar-refractivity contribution < 1.29 is 37.1 Å². The van der Waals surface area contributed by atoms with Crippen LogP contribution < -0.4 is 21.3 Å². The van der Waals surface area contributed by atoms with Gasteiger partial charge in [-0.25, -0.2) is 14.4 Å². The molecule has 3 heterocycles. The number of urea groups is 2. The predicted octanol–water partition coefficient (Wildman–Crippen LogP) is 6.12. The number of amides is 5. The fraction of sp³-hybridized carbons (Fsp3) is 0.405. The van der Waals surface area contributed by atoms with Crippen LogP contribution in [0.15, 0.2) is 63.5 Å². The van der Waals surface area contributed by atoms with Crippen LogP contribution in [0.4, 0.5) is 39.8 Å². The van der Waals surface area contributed by atoms with Gasteiger partial charge in [-0.15, -0.1) is 0 Å². The minimum atomic E-state index is -4.73. The number of rotatable bonds is 7. The van der Waals surface area contributed by atoms with E-state index in [-0.39, 0.29) is 61.8 Å². The summed E-state index contributed by atoms with van der Waals surface area (Å²) in [6.07, 6.45) is -2.76. The number of halogens is 5. The minimum absolute atomic E-state index is 0.0592. The Balaban J connectivity index is 1.13. The summed E-state index contributed by atoms with van der Waals surface area (Å²) in [5.74, 6) is -1.25. The number of fused-ring (bicyclic) bond motifs is 1. The number of ether oxygens (including phenoxy) is 1. The molecule has 17 heteroatoms. The van der Waals surface area contributed by atoms with Gasteiger partial charge in [0.05, 0.1) is 23.9 Å². The van der Waals surface area contributed by atoms with Crippen LogP contribution in [0, 0.1) is 0 Å². The van der Waals surface area contributed by atoms with E-state index < -0.39 is 29.8 Å². The first kappa shape index (κ1) is 39.2. The number of carbonyl (C=O) groups excluding carboxylic acids is 4. The second-order valence-electron chi connectivity index (χ2n) is 13.5. The van der Waals surface area contributed by atoms with Crippen LogP contribution in [0.2, 0.25) is 0 Å². The summed E-state index contributed by atoms with van der Waals surface area (Å²) in [7, 11) is 1.10. The lowest BCUT2D eigenvalue weighted by atomic mass is 10.0. The molecule has 3 aromatic rings. The van der Waals surface area contributed by atoms with E-state index in [9.17, 15) is 32.3 Å². The summed E-state index contributed by atoms with van der Waals surface area (Å²) < 4.78 is 48.1. The Bertz CT molecular complexity index is 1890. The van der Waals surface area contributed by atoms with Gasteiger partial charge in [-0.2, -0.15) is 13.2 Å². The molecule has 2 saturated heterocycles. The molecule has 1 atom stereocenters. The minimum Gasteiger partial charge on any atom is -0.465 e. The fourth-order valence-electron chi connectivity index (χ4n) is 7.22. The number of nitrogen functional groups attached to an aromatic ring is 1. The number of anilines is 3. The topological polar surface area (TPSA) is 141 Å². The van der Waals surface area contributed by atoms with Crippen molar-refractivity contribution in [2.24, 2.45) is 0 Å². The lowest BCUT2D eigenvalue weighted by Gasteiger charge is -2.40. The van der Waals surface area contributed by atoms with Gasteiger partial charge in [-0.3, -0.25) is 4.79 Å². The van der Waals surface area contributed by atoms with Gasteiger partial charge in [0.2, 0.25) is 5.91 Å². The van der Waals surface area contributed by atoms with Crippen LogP contribution in [0.3, 0.4) is 0 Å². The molecule has 4 N–H and O–H groups in total. The van der Waals surface area contributed by atoms with Crippen LogP contribution in [-0.4, -0.2) is 104 Å². The zero-order valence-corrected chi connectivity index (χ0v) is 32.6. The molecule has 0 spiro atoms. The number of para-hydroxylation sites is 1. The maximum absolute atomic E-state index is 14.1. The normalized spacial score (nSPS) is 17.3. The van der Waals surface area contributed by atoms with Crippen molar-refractivity contribution in [2.45, 2.75) is 43.9 Å². The highest BCUT2D eigenvalue weighted by molar-refractivity contribution is 9.11. The number of nitrogens with zero attached hydrogens (tertiary/aromatic N) is 4. The van der Waals surface area contributed by atoms with E-state index in [1.54, 1.807) is 21.9 Å². The summed E-state index contributed by atoms with van der Waals surface area (Å²) >= 11 is 6.89. The first-order chi connectivity index (χ1) is 25.7. The molecule has 0 aromatic heterocycles. The summed E-state index contributed by atoms with van der Waals surface area (Å²) in [6, 6.07) is 12.9. The van der Waals surface area contributed by atoms with Gasteiger partial charge in [-0.05, 0) is 98.6 Å². The number of alkyl halides is 3. The molecule has 0 aliphatic carbocycles. The third-order valence-corrected chi connectivity index (χ3v) is 11.5. The van der Waals surface area contributed by atoms with E-state index >= 15 is 0 Å². The van der Waals surface area contributed by atoms with E-state index in [2.05, 4.69) is 47.2 Å². The molecule has 6 rings (SSSR count). The molecule has 0 unspecified atom stereocenters. The largest absolute Gasteiger partial charge is 0.465 e. The van der Waals surface area contributed by atoms with Crippen molar-refractivity contribution in [1.82, 2.24) is 20.0 Å². The first-order valence-electron chi connectivity index (χ1n) is 17.5. The van der Waals surface area contributed by atoms with Crippen molar-refractivity contribution in [1.29, 1.82) is 0 Å². The van der Waals surface area contributed by atoms with Gasteiger partial charge < -0.3 is 40.7 Å². The molecule has 5 amide bonds. The molecule has 12 nitrogen and oxygen atoms in total. The molecule has 0 bridgehead atoms. The molecule has 3 aromatic carbocycles. The predicted molar refractivity (Wildman–Crippen MR) is 204 cm³/mol. The van der Waals surface area contributed by atoms with Crippen LogP contribution in [0.1, 0.15) is 39.9 Å². The maximum atomic E-state index is 14.1.